The van der Waals surface area contributed by atoms with E-state index in [4.69, 9.17) is 9.47 Å². The minimum atomic E-state index is -0.146. The van der Waals surface area contributed by atoms with E-state index >= 15 is 0 Å². The van der Waals surface area contributed by atoms with Crippen LogP contribution in [0, 0.1) is 13.8 Å². The number of hydrogen-bond donors (Lipinski definition) is 0. The van der Waals surface area contributed by atoms with Crippen LogP contribution in [0.5, 0.6) is 23.0 Å². The summed E-state index contributed by atoms with van der Waals surface area (Å²) in [6.45, 7) is 4.15. The van der Waals surface area contributed by atoms with E-state index in [0.717, 1.165) is 79.0 Å². The average Bonchev–Trinajstić information content (AvgIpc) is 4.02. The van der Waals surface area contributed by atoms with Gasteiger partial charge in [-0.25, -0.2) is 0 Å². The molecule has 0 N–H and O–H groups in total. The minimum absolute atomic E-state index is 0.146. The Morgan fingerprint density at radius 2 is 1.05 bits per heavy atom. The topological polar surface area (TPSA) is 24.9 Å². The second kappa shape index (κ2) is 16.7. The molecule has 4 heterocycles. The van der Waals surface area contributed by atoms with E-state index in [2.05, 4.69) is 248 Å². The third-order valence-corrected chi connectivity index (χ3v) is 17.8. The largest absolute Gasteiger partial charge is 0.458 e. The molecule has 2 atom stereocenters. The second-order valence-electron chi connectivity index (χ2n) is 19.7. The van der Waals surface area contributed by atoms with Crippen molar-refractivity contribution in [3.05, 3.63) is 241 Å². The molecular weight excluding hydrogens is 928 g/mol. The van der Waals surface area contributed by atoms with Crippen molar-refractivity contribution in [2.75, 3.05) is 9.80 Å². The second-order valence-corrected chi connectivity index (χ2v) is 21.9. The smallest absolute Gasteiger partial charge is 0.260 e. The summed E-state index contributed by atoms with van der Waals surface area (Å²) in [5, 5.41) is 5.28. The molecule has 1 aromatic heterocycles. The number of aryl methyl sites for hydroxylation is 2. The molecule has 0 spiro atoms. The van der Waals surface area contributed by atoms with Crippen LogP contribution in [0.1, 0.15) is 22.6 Å². The fourth-order valence-corrected chi connectivity index (χ4v) is 14.4. The van der Waals surface area contributed by atoms with E-state index in [1.165, 1.54) is 58.2 Å². The molecule has 0 bridgehead atoms. The first-order valence-electron chi connectivity index (χ1n) is 25.1. The Balaban J connectivity index is 0.920. The summed E-state index contributed by atoms with van der Waals surface area (Å²) >= 11 is 3.82. The highest BCUT2D eigenvalue weighted by atomic mass is 32.2. The molecule has 15 rings (SSSR count). The van der Waals surface area contributed by atoms with Crippen molar-refractivity contribution in [2.45, 2.75) is 29.9 Å². The van der Waals surface area contributed by atoms with Crippen LogP contribution < -0.4 is 35.7 Å². The number of benzene rings is 10. The Morgan fingerprint density at radius 3 is 1.78 bits per heavy atom. The predicted molar refractivity (Wildman–Crippen MR) is 309 cm³/mol. The van der Waals surface area contributed by atoms with Crippen molar-refractivity contribution in [3.63, 3.8) is 0 Å². The molecule has 0 fully saturated rings. The van der Waals surface area contributed by atoms with Crippen molar-refractivity contribution < 1.29 is 9.47 Å². The number of thiophene rings is 1. The highest BCUT2D eigenvalue weighted by Gasteiger charge is 2.42. The van der Waals surface area contributed by atoms with Gasteiger partial charge in [-0.15, -0.1) is 23.1 Å². The zero-order valence-electron chi connectivity index (χ0n) is 40.1. The van der Waals surface area contributed by atoms with E-state index in [0.29, 0.717) is 11.2 Å². The van der Waals surface area contributed by atoms with E-state index in [-0.39, 0.29) is 6.71 Å². The quantitative estimate of drug-likeness (QED) is 0.148. The summed E-state index contributed by atoms with van der Waals surface area (Å²) in [6, 6.07) is 73.3. The first-order valence-corrected chi connectivity index (χ1v) is 26.8. The van der Waals surface area contributed by atoms with E-state index in [9.17, 15) is 0 Å². The van der Waals surface area contributed by atoms with Gasteiger partial charge < -0.3 is 19.3 Å². The predicted octanol–water partition coefficient (Wildman–Crippen LogP) is 16.8. The molecule has 2 unspecified atom stereocenters. The number of thioether (sulfide) groups is 1. The van der Waals surface area contributed by atoms with Crippen molar-refractivity contribution in [3.8, 4) is 34.1 Å². The molecule has 1 aliphatic carbocycles. The number of ether oxygens (including phenoxy) is 2. The molecule has 73 heavy (non-hydrogen) atoms. The maximum Gasteiger partial charge on any atom is 0.260 e. The van der Waals surface area contributed by atoms with Crippen molar-refractivity contribution in [1.29, 1.82) is 0 Å². The number of rotatable bonds is 7. The van der Waals surface area contributed by atoms with Gasteiger partial charge in [0.2, 0.25) is 0 Å². The van der Waals surface area contributed by atoms with E-state index < -0.39 is 0 Å². The molecule has 346 valence electrons. The number of hydrogen-bond acceptors (Lipinski definition) is 6. The van der Waals surface area contributed by atoms with Gasteiger partial charge in [0.15, 0.2) is 0 Å². The molecule has 11 aromatic rings. The Hall–Kier alpha value is -8.23. The first-order chi connectivity index (χ1) is 36.0. The molecule has 3 aliphatic heterocycles. The number of allylic oxidation sites excluding steroid dienone is 3. The number of fused-ring (bicyclic) bond motifs is 11. The highest BCUT2D eigenvalue weighted by Crippen LogP contribution is 2.54. The molecule has 0 amide bonds. The molecule has 4 nitrogen and oxygen atoms in total. The third-order valence-electron chi connectivity index (χ3n) is 15.2. The van der Waals surface area contributed by atoms with Crippen LogP contribution in [0.15, 0.2) is 229 Å². The van der Waals surface area contributed by atoms with Crippen LogP contribution in [0.2, 0.25) is 0 Å². The summed E-state index contributed by atoms with van der Waals surface area (Å²) in [4.78, 5) is 6.15. The number of anilines is 6. The normalized spacial score (nSPS) is 15.6. The molecular formula is C66H45BN2O2S2. The first kappa shape index (κ1) is 42.5. The molecule has 0 radical (unpaired) electrons. The van der Waals surface area contributed by atoms with Crippen molar-refractivity contribution >= 4 is 111 Å². The summed E-state index contributed by atoms with van der Waals surface area (Å²) in [5.41, 5.74) is 15.8. The van der Waals surface area contributed by atoms with Gasteiger partial charge in [0.05, 0.1) is 16.1 Å². The Kier molecular flexibility index (Phi) is 9.70. The Morgan fingerprint density at radius 1 is 0.479 bits per heavy atom. The maximum atomic E-state index is 7.28. The van der Waals surface area contributed by atoms with Gasteiger partial charge in [-0.2, -0.15) is 0 Å². The fraction of sp³-hybridized carbons (Fsp3) is 0.0606. The van der Waals surface area contributed by atoms with Crippen LogP contribution in [-0.4, -0.2) is 12.0 Å². The van der Waals surface area contributed by atoms with E-state index in [1.54, 1.807) is 0 Å². The Bertz CT molecular complexity index is 4140. The van der Waals surface area contributed by atoms with Crippen LogP contribution in [-0.2, 0) is 0 Å². The Labute approximate surface area is 433 Å². The monoisotopic (exact) mass is 972 g/mol. The van der Waals surface area contributed by atoms with Crippen LogP contribution in [0.4, 0.5) is 34.1 Å². The lowest BCUT2D eigenvalue weighted by Crippen LogP contribution is -2.57. The molecule has 10 aromatic carbocycles. The third kappa shape index (κ3) is 6.83. The van der Waals surface area contributed by atoms with Crippen molar-refractivity contribution in [2.24, 2.45) is 0 Å². The summed E-state index contributed by atoms with van der Waals surface area (Å²) in [6.07, 6.45) is 9.09. The van der Waals surface area contributed by atoms with Gasteiger partial charge in [-0.05, 0) is 119 Å². The van der Waals surface area contributed by atoms with Gasteiger partial charge in [0, 0.05) is 71.9 Å². The van der Waals surface area contributed by atoms with Crippen molar-refractivity contribution in [1.82, 2.24) is 0 Å². The van der Waals surface area contributed by atoms with E-state index in [1.807, 2.05) is 23.1 Å². The van der Waals surface area contributed by atoms with Crippen LogP contribution in [0.3, 0.4) is 0 Å². The lowest BCUT2D eigenvalue weighted by atomic mass is 9.35. The highest BCUT2D eigenvalue weighted by molar-refractivity contribution is 8.00. The summed E-state index contributed by atoms with van der Waals surface area (Å²) < 4.78 is 17.1. The fourth-order valence-electron chi connectivity index (χ4n) is 11.8. The lowest BCUT2D eigenvalue weighted by molar-refractivity contribution is 0.465. The lowest BCUT2D eigenvalue weighted by Gasteiger charge is -2.35. The van der Waals surface area contributed by atoms with Gasteiger partial charge >= 0.3 is 0 Å². The zero-order chi connectivity index (χ0) is 48.3. The molecule has 7 heteroatoms. The standard InChI is InChI=1S/C66H45BN2O2S2/c1-40-24-28-44(29-25-40)68(56-20-10-18-52-50-15-5-7-22-62(50)72-65(52)56)46-32-34-54-58(38-46)70-60-36-43(49-17-9-13-42-12-3-4-14-48(42)49)37-61-64(60)67(54)55-35-33-47(39-59(55)71-61)69(45-30-26-41(2)27-31-45)57-21-11-19-53-51-16-6-8-23-63(51)73-66(53)57/h3-39,50,62H,1-2H3. The van der Waals surface area contributed by atoms with Gasteiger partial charge in [-0.3, -0.25) is 0 Å². The number of nitrogens with zero attached hydrogens (tertiary/aromatic N) is 2. The maximum absolute atomic E-state index is 7.28. The van der Waals surface area contributed by atoms with Gasteiger partial charge in [0.25, 0.3) is 6.71 Å². The summed E-state index contributed by atoms with van der Waals surface area (Å²) in [7, 11) is 0. The van der Waals surface area contributed by atoms with Gasteiger partial charge in [0.1, 0.15) is 23.0 Å². The summed E-state index contributed by atoms with van der Waals surface area (Å²) in [5.74, 6) is 3.63. The average molecular weight is 973 g/mol. The van der Waals surface area contributed by atoms with Gasteiger partial charge in [-0.1, -0.05) is 157 Å². The molecule has 4 aliphatic rings. The SMILES string of the molecule is Cc1ccc(N(c2ccc3c(c2)Oc2cc(-c4cccc5ccccc45)cc4c2B3c2ccc(N(c3ccc(C)cc3)c3cccc5c3sc3ccccc35)cc2O4)c2cccc3c2SC2C=CC=CC32)cc1. The minimum Gasteiger partial charge on any atom is -0.458 e. The molecule has 0 saturated carbocycles. The molecule has 0 saturated heterocycles. The van der Waals surface area contributed by atoms with Crippen LogP contribution >= 0.6 is 23.1 Å². The zero-order valence-corrected chi connectivity index (χ0v) is 41.8. The van der Waals surface area contributed by atoms with Crippen LogP contribution in [0.25, 0.3) is 42.1 Å².